The summed E-state index contributed by atoms with van der Waals surface area (Å²) in [5, 5.41) is 6.07. The Balaban J connectivity index is 1.39. The summed E-state index contributed by atoms with van der Waals surface area (Å²) in [4.78, 5) is 23.0. The number of nitrogens with one attached hydrogen (secondary N) is 2. The number of para-hydroxylation sites is 1. The number of anilines is 2. The molecule has 2 aromatic rings. The molecule has 1 saturated heterocycles. The van der Waals surface area contributed by atoms with Crippen LogP contribution in [0.15, 0.2) is 36.4 Å². The number of amides is 1. The first-order valence-corrected chi connectivity index (χ1v) is 9.00. The lowest BCUT2D eigenvalue weighted by molar-refractivity contribution is -0.123. The lowest BCUT2D eigenvalue weighted by Gasteiger charge is -2.17. The number of hydrogen-bond donors (Lipinski definition) is 2. The van der Waals surface area contributed by atoms with E-state index in [0.29, 0.717) is 18.8 Å². The lowest BCUT2D eigenvalue weighted by atomic mass is 10.3. The van der Waals surface area contributed by atoms with E-state index in [1.807, 2.05) is 43.3 Å². The van der Waals surface area contributed by atoms with Gasteiger partial charge in [-0.15, -0.1) is 0 Å². The second-order valence-corrected chi connectivity index (χ2v) is 6.23. The predicted molar refractivity (Wildman–Crippen MR) is 102 cm³/mol. The second-order valence-electron chi connectivity index (χ2n) is 6.23. The molecule has 3 rings (SSSR count). The van der Waals surface area contributed by atoms with E-state index in [1.54, 1.807) is 0 Å². The maximum absolute atomic E-state index is 11.8. The van der Waals surface area contributed by atoms with Gasteiger partial charge in [-0.05, 0) is 31.9 Å². The average molecular weight is 355 g/mol. The molecule has 0 unspecified atom stereocenters. The molecule has 1 aliphatic heterocycles. The van der Waals surface area contributed by atoms with E-state index in [4.69, 9.17) is 4.74 Å². The van der Waals surface area contributed by atoms with Crippen molar-refractivity contribution in [2.75, 3.05) is 43.0 Å². The van der Waals surface area contributed by atoms with Crippen LogP contribution in [0.1, 0.15) is 18.7 Å². The SMILES string of the molecule is Cc1nc(NCCNC(=O)COc2ccccc2)cc(N2CCCC2)n1. The van der Waals surface area contributed by atoms with Crippen molar-refractivity contribution >= 4 is 17.5 Å². The standard InChI is InChI=1S/C19H25N5O2/c1-15-22-17(13-18(23-15)24-11-5-6-12-24)20-9-10-21-19(25)14-26-16-7-3-2-4-8-16/h2-4,7-8,13H,5-6,9-12,14H2,1H3,(H,21,25)(H,20,22,23). The van der Waals surface area contributed by atoms with Crippen LogP contribution < -0.4 is 20.3 Å². The first-order valence-electron chi connectivity index (χ1n) is 9.00. The molecule has 7 nitrogen and oxygen atoms in total. The maximum atomic E-state index is 11.8. The molecular weight excluding hydrogens is 330 g/mol. The van der Waals surface area contributed by atoms with E-state index in [-0.39, 0.29) is 12.5 Å². The number of ether oxygens (including phenoxy) is 1. The van der Waals surface area contributed by atoms with Crippen LogP contribution in [0.5, 0.6) is 5.75 Å². The van der Waals surface area contributed by atoms with Crippen molar-refractivity contribution in [2.24, 2.45) is 0 Å². The van der Waals surface area contributed by atoms with Gasteiger partial charge in [-0.2, -0.15) is 0 Å². The number of rotatable bonds is 8. The molecule has 2 heterocycles. The summed E-state index contributed by atoms with van der Waals surface area (Å²) in [6.07, 6.45) is 2.42. The minimum atomic E-state index is -0.146. The van der Waals surface area contributed by atoms with Gasteiger partial charge in [0, 0.05) is 32.2 Å². The highest BCUT2D eigenvalue weighted by atomic mass is 16.5. The quantitative estimate of drug-likeness (QED) is 0.705. The topological polar surface area (TPSA) is 79.4 Å². The molecule has 1 aliphatic rings. The third-order valence-corrected chi connectivity index (χ3v) is 4.12. The van der Waals surface area contributed by atoms with Gasteiger partial charge in [0.15, 0.2) is 6.61 Å². The molecule has 0 aliphatic carbocycles. The molecule has 1 amide bonds. The smallest absolute Gasteiger partial charge is 0.258 e. The van der Waals surface area contributed by atoms with E-state index >= 15 is 0 Å². The summed E-state index contributed by atoms with van der Waals surface area (Å²) >= 11 is 0. The molecule has 0 radical (unpaired) electrons. The Morgan fingerprint density at radius 3 is 2.69 bits per heavy atom. The highest BCUT2D eigenvalue weighted by molar-refractivity contribution is 5.77. The molecule has 138 valence electrons. The lowest BCUT2D eigenvalue weighted by Crippen LogP contribution is -2.32. The van der Waals surface area contributed by atoms with Gasteiger partial charge in [0.2, 0.25) is 0 Å². The van der Waals surface area contributed by atoms with Gasteiger partial charge in [0.05, 0.1) is 0 Å². The Kier molecular flexibility index (Phi) is 6.24. The average Bonchev–Trinajstić information content (AvgIpc) is 3.19. The maximum Gasteiger partial charge on any atom is 0.258 e. The molecule has 26 heavy (non-hydrogen) atoms. The molecule has 0 saturated carbocycles. The number of carbonyl (C=O) groups excluding carboxylic acids is 1. The molecule has 7 heteroatoms. The van der Waals surface area contributed by atoms with Crippen LogP contribution in [0.4, 0.5) is 11.6 Å². The predicted octanol–water partition coefficient (Wildman–Crippen LogP) is 1.99. The number of benzene rings is 1. The molecule has 2 N–H and O–H groups in total. The normalized spacial score (nSPS) is 13.5. The Bertz CT molecular complexity index is 717. The van der Waals surface area contributed by atoms with Crippen LogP contribution in [-0.2, 0) is 4.79 Å². The third-order valence-electron chi connectivity index (χ3n) is 4.12. The van der Waals surface area contributed by atoms with Crippen LogP contribution in [0.25, 0.3) is 0 Å². The zero-order chi connectivity index (χ0) is 18.2. The van der Waals surface area contributed by atoms with Gasteiger partial charge in [0.25, 0.3) is 5.91 Å². The van der Waals surface area contributed by atoms with Gasteiger partial charge >= 0.3 is 0 Å². The molecule has 1 aromatic carbocycles. The number of aryl methyl sites for hydroxylation is 1. The highest BCUT2D eigenvalue weighted by Gasteiger charge is 2.14. The number of nitrogens with zero attached hydrogens (tertiary/aromatic N) is 3. The minimum absolute atomic E-state index is 0.00966. The van der Waals surface area contributed by atoms with E-state index < -0.39 is 0 Å². The zero-order valence-electron chi connectivity index (χ0n) is 15.1. The zero-order valence-corrected chi connectivity index (χ0v) is 15.1. The Hall–Kier alpha value is -2.83. The van der Waals surface area contributed by atoms with Crippen LogP contribution in [0.3, 0.4) is 0 Å². The van der Waals surface area contributed by atoms with Crippen LogP contribution in [0, 0.1) is 6.92 Å². The highest BCUT2D eigenvalue weighted by Crippen LogP contribution is 2.20. The number of hydrogen-bond acceptors (Lipinski definition) is 6. The van der Waals surface area contributed by atoms with E-state index in [0.717, 1.165) is 30.5 Å². The van der Waals surface area contributed by atoms with Crippen molar-refractivity contribution in [3.8, 4) is 5.75 Å². The van der Waals surface area contributed by atoms with Crippen molar-refractivity contribution in [3.63, 3.8) is 0 Å². The van der Waals surface area contributed by atoms with Crippen LogP contribution >= 0.6 is 0 Å². The van der Waals surface area contributed by atoms with Crippen molar-refractivity contribution in [1.29, 1.82) is 0 Å². The van der Waals surface area contributed by atoms with Crippen LogP contribution in [-0.4, -0.2) is 48.7 Å². The van der Waals surface area contributed by atoms with Gasteiger partial charge in [-0.1, -0.05) is 18.2 Å². The molecular formula is C19H25N5O2. The molecule has 0 spiro atoms. The van der Waals surface area contributed by atoms with Gasteiger partial charge in [-0.3, -0.25) is 4.79 Å². The van der Waals surface area contributed by atoms with E-state index in [1.165, 1.54) is 12.8 Å². The Labute approximate surface area is 153 Å². The second kappa shape index (κ2) is 9.03. The van der Waals surface area contributed by atoms with Gasteiger partial charge < -0.3 is 20.3 Å². The summed E-state index contributed by atoms with van der Waals surface area (Å²) in [6.45, 7) is 5.09. The summed E-state index contributed by atoms with van der Waals surface area (Å²) < 4.78 is 5.41. The number of aromatic nitrogens is 2. The van der Waals surface area contributed by atoms with Crippen molar-refractivity contribution in [2.45, 2.75) is 19.8 Å². The van der Waals surface area contributed by atoms with E-state index in [2.05, 4.69) is 25.5 Å². The van der Waals surface area contributed by atoms with E-state index in [9.17, 15) is 4.79 Å². The van der Waals surface area contributed by atoms with Crippen molar-refractivity contribution in [3.05, 3.63) is 42.2 Å². The number of carbonyl (C=O) groups is 1. The largest absolute Gasteiger partial charge is 0.484 e. The van der Waals surface area contributed by atoms with Gasteiger partial charge in [-0.25, -0.2) is 9.97 Å². The molecule has 1 aromatic heterocycles. The molecule has 1 fully saturated rings. The molecule has 0 bridgehead atoms. The third kappa shape index (κ3) is 5.34. The molecule has 0 atom stereocenters. The summed E-state index contributed by atoms with van der Waals surface area (Å²) in [6, 6.07) is 11.3. The van der Waals surface area contributed by atoms with Crippen molar-refractivity contribution < 1.29 is 9.53 Å². The first-order chi connectivity index (χ1) is 12.7. The summed E-state index contributed by atoms with van der Waals surface area (Å²) in [5.41, 5.74) is 0. The van der Waals surface area contributed by atoms with Crippen molar-refractivity contribution in [1.82, 2.24) is 15.3 Å². The fraction of sp³-hybridized carbons (Fsp3) is 0.421. The fourth-order valence-electron chi connectivity index (χ4n) is 2.86. The Morgan fingerprint density at radius 1 is 1.15 bits per heavy atom. The summed E-state index contributed by atoms with van der Waals surface area (Å²) in [5.74, 6) is 3.04. The minimum Gasteiger partial charge on any atom is -0.484 e. The fourth-order valence-corrected chi connectivity index (χ4v) is 2.86. The summed E-state index contributed by atoms with van der Waals surface area (Å²) in [7, 11) is 0. The Morgan fingerprint density at radius 2 is 1.92 bits per heavy atom. The first kappa shape index (κ1) is 18.0. The van der Waals surface area contributed by atoms with Gasteiger partial charge in [0.1, 0.15) is 23.2 Å². The van der Waals surface area contributed by atoms with Crippen LogP contribution in [0.2, 0.25) is 0 Å². The monoisotopic (exact) mass is 355 g/mol.